The van der Waals surface area contributed by atoms with Crippen LogP contribution in [0.25, 0.3) is 22.4 Å². The molecule has 0 bridgehead atoms. The molecule has 3 aromatic heterocycles. The third kappa shape index (κ3) is 4.09. The van der Waals surface area contributed by atoms with Gasteiger partial charge in [0.1, 0.15) is 6.54 Å². The van der Waals surface area contributed by atoms with Gasteiger partial charge in [-0.25, -0.2) is 4.98 Å². The molecule has 0 saturated carbocycles. The van der Waals surface area contributed by atoms with Crippen molar-refractivity contribution < 1.29 is 4.79 Å². The fourth-order valence-corrected chi connectivity index (χ4v) is 2.88. The molecule has 7 heteroatoms. The summed E-state index contributed by atoms with van der Waals surface area (Å²) in [5, 5.41) is 7.22. The van der Waals surface area contributed by atoms with Gasteiger partial charge in [0.2, 0.25) is 5.91 Å². The molecular weight excluding hydrogens is 352 g/mol. The number of nitrogens with one attached hydrogen (secondary N) is 1. The Kier molecular flexibility index (Phi) is 4.88. The topological polar surface area (TPSA) is 85.6 Å². The second-order valence-electron chi connectivity index (χ2n) is 6.30. The lowest BCUT2D eigenvalue weighted by Crippen LogP contribution is -2.19. The zero-order valence-electron chi connectivity index (χ0n) is 15.3. The first-order valence-electron chi connectivity index (χ1n) is 8.80. The number of amides is 1. The van der Waals surface area contributed by atoms with E-state index in [2.05, 4.69) is 43.6 Å². The molecule has 4 rings (SSSR count). The van der Waals surface area contributed by atoms with Gasteiger partial charge >= 0.3 is 0 Å². The number of anilines is 1. The van der Waals surface area contributed by atoms with Gasteiger partial charge in [-0.3, -0.25) is 19.4 Å². The van der Waals surface area contributed by atoms with Crippen molar-refractivity contribution in [2.75, 3.05) is 5.32 Å². The lowest BCUT2D eigenvalue weighted by Gasteiger charge is -2.05. The highest BCUT2D eigenvalue weighted by atomic mass is 16.2. The number of hydrogen-bond donors (Lipinski definition) is 1. The van der Waals surface area contributed by atoms with Gasteiger partial charge in [-0.2, -0.15) is 5.10 Å². The fraction of sp³-hybridized carbons (Fsp3) is 0.0952. The zero-order chi connectivity index (χ0) is 19.3. The van der Waals surface area contributed by atoms with Crippen LogP contribution in [0.5, 0.6) is 0 Å². The molecule has 0 radical (unpaired) electrons. The molecule has 1 N–H and O–H groups in total. The highest BCUT2D eigenvalue weighted by molar-refractivity contribution is 5.89. The van der Waals surface area contributed by atoms with E-state index in [-0.39, 0.29) is 12.5 Å². The zero-order valence-corrected chi connectivity index (χ0v) is 15.3. The van der Waals surface area contributed by atoms with E-state index < -0.39 is 0 Å². The average Bonchev–Trinajstić information content (AvgIpc) is 3.17. The van der Waals surface area contributed by atoms with Gasteiger partial charge in [-0.1, -0.05) is 18.2 Å². The van der Waals surface area contributed by atoms with Gasteiger partial charge in [-0.05, 0) is 42.3 Å². The van der Waals surface area contributed by atoms with Crippen LogP contribution in [0.4, 0.5) is 5.82 Å². The third-order valence-corrected chi connectivity index (χ3v) is 4.17. The van der Waals surface area contributed by atoms with Crippen LogP contribution in [-0.2, 0) is 11.3 Å². The molecule has 7 nitrogen and oxygen atoms in total. The third-order valence-electron chi connectivity index (χ3n) is 4.17. The number of nitrogens with zero attached hydrogens (tertiary/aromatic N) is 5. The minimum atomic E-state index is -0.212. The SMILES string of the molecule is Cc1cc(-c2cccc(-c3ccn(CC(=O)Nc4cnccn4)n3)c2)ccn1. The summed E-state index contributed by atoms with van der Waals surface area (Å²) in [4.78, 5) is 24.4. The number of benzene rings is 1. The van der Waals surface area contributed by atoms with Crippen molar-refractivity contribution in [1.29, 1.82) is 0 Å². The molecule has 28 heavy (non-hydrogen) atoms. The standard InChI is InChI=1S/C21H18N6O/c1-15-11-17(5-7-23-15)16-3-2-4-18(12-16)19-6-10-27(26-19)14-21(28)25-20-13-22-8-9-24-20/h2-13H,14H2,1H3,(H,24,25,28). The molecule has 0 fully saturated rings. The summed E-state index contributed by atoms with van der Waals surface area (Å²) in [7, 11) is 0. The molecule has 0 aliphatic rings. The summed E-state index contributed by atoms with van der Waals surface area (Å²) < 4.78 is 1.60. The Balaban J connectivity index is 1.50. The van der Waals surface area contributed by atoms with E-state index in [1.807, 2.05) is 37.4 Å². The highest BCUT2D eigenvalue weighted by Gasteiger charge is 2.08. The van der Waals surface area contributed by atoms with Gasteiger partial charge in [0.05, 0.1) is 11.9 Å². The summed E-state index contributed by atoms with van der Waals surface area (Å²) >= 11 is 0. The van der Waals surface area contributed by atoms with Crippen molar-refractivity contribution in [3.05, 3.63) is 79.1 Å². The molecular formula is C21H18N6O. The maximum absolute atomic E-state index is 12.2. The smallest absolute Gasteiger partial charge is 0.247 e. The van der Waals surface area contributed by atoms with Gasteiger partial charge in [0, 0.05) is 36.0 Å². The molecule has 0 atom stereocenters. The second kappa shape index (κ2) is 7.79. The number of aryl methyl sites for hydroxylation is 1. The van der Waals surface area contributed by atoms with E-state index in [1.54, 1.807) is 17.1 Å². The Bertz CT molecular complexity index is 1110. The van der Waals surface area contributed by atoms with E-state index in [0.29, 0.717) is 5.82 Å². The number of pyridine rings is 1. The first kappa shape index (κ1) is 17.5. The number of hydrogen-bond acceptors (Lipinski definition) is 5. The molecule has 0 aliphatic heterocycles. The molecule has 1 aromatic carbocycles. The largest absolute Gasteiger partial charge is 0.308 e. The molecule has 0 saturated heterocycles. The molecule has 138 valence electrons. The van der Waals surface area contributed by atoms with Gasteiger partial charge in [0.25, 0.3) is 0 Å². The Morgan fingerprint density at radius 3 is 2.68 bits per heavy atom. The van der Waals surface area contributed by atoms with E-state index >= 15 is 0 Å². The first-order valence-corrected chi connectivity index (χ1v) is 8.80. The van der Waals surface area contributed by atoms with E-state index in [9.17, 15) is 4.79 Å². The predicted octanol–water partition coefficient (Wildman–Crippen LogP) is 3.35. The van der Waals surface area contributed by atoms with Crippen LogP contribution in [-0.4, -0.2) is 30.6 Å². The number of rotatable bonds is 5. The Hall–Kier alpha value is -3.87. The minimum absolute atomic E-state index is 0.0970. The Morgan fingerprint density at radius 1 is 1.00 bits per heavy atom. The van der Waals surface area contributed by atoms with Crippen molar-refractivity contribution in [2.24, 2.45) is 0 Å². The van der Waals surface area contributed by atoms with Crippen molar-refractivity contribution in [2.45, 2.75) is 13.5 Å². The second-order valence-corrected chi connectivity index (χ2v) is 6.30. The molecule has 0 unspecified atom stereocenters. The predicted molar refractivity (Wildman–Crippen MR) is 106 cm³/mol. The van der Waals surface area contributed by atoms with Crippen molar-refractivity contribution >= 4 is 11.7 Å². The molecule has 3 heterocycles. The average molecular weight is 370 g/mol. The monoisotopic (exact) mass is 370 g/mol. The van der Waals surface area contributed by atoms with Crippen molar-refractivity contribution in [3.63, 3.8) is 0 Å². The van der Waals surface area contributed by atoms with Crippen molar-refractivity contribution in [3.8, 4) is 22.4 Å². The van der Waals surface area contributed by atoms with Gasteiger partial charge < -0.3 is 5.32 Å². The van der Waals surface area contributed by atoms with Crippen LogP contribution < -0.4 is 5.32 Å². The van der Waals surface area contributed by atoms with Crippen LogP contribution in [0.1, 0.15) is 5.69 Å². The number of aromatic nitrogens is 5. The molecule has 0 spiro atoms. The summed E-state index contributed by atoms with van der Waals surface area (Å²) in [6, 6.07) is 14.1. The number of carbonyl (C=O) groups is 1. The van der Waals surface area contributed by atoms with Gasteiger partial charge in [-0.15, -0.1) is 0 Å². The van der Waals surface area contributed by atoms with Crippen LogP contribution in [0, 0.1) is 6.92 Å². The lowest BCUT2D eigenvalue weighted by molar-refractivity contribution is -0.116. The first-order chi connectivity index (χ1) is 13.7. The quantitative estimate of drug-likeness (QED) is 0.582. The number of carbonyl (C=O) groups excluding carboxylic acids is 1. The van der Waals surface area contributed by atoms with E-state index in [4.69, 9.17) is 0 Å². The Morgan fingerprint density at radius 2 is 1.86 bits per heavy atom. The van der Waals surface area contributed by atoms with Crippen LogP contribution in [0.15, 0.2) is 73.4 Å². The minimum Gasteiger partial charge on any atom is -0.308 e. The van der Waals surface area contributed by atoms with Crippen molar-refractivity contribution in [1.82, 2.24) is 24.7 Å². The Labute approximate surface area is 162 Å². The lowest BCUT2D eigenvalue weighted by atomic mass is 10.0. The maximum atomic E-state index is 12.2. The summed E-state index contributed by atoms with van der Waals surface area (Å²) in [5.41, 5.74) is 4.97. The van der Waals surface area contributed by atoms with Crippen LogP contribution in [0.2, 0.25) is 0 Å². The van der Waals surface area contributed by atoms with Crippen LogP contribution >= 0.6 is 0 Å². The summed E-state index contributed by atoms with van der Waals surface area (Å²) in [6.07, 6.45) is 8.17. The highest BCUT2D eigenvalue weighted by Crippen LogP contribution is 2.25. The summed E-state index contributed by atoms with van der Waals surface area (Å²) in [5.74, 6) is 0.205. The molecule has 0 aliphatic carbocycles. The molecule has 1 amide bonds. The van der Waals surface area contributed by atoms with E-state index in [1.165, 1.54) is 12.4 Å². The summed E-state index contributed by atoms with van der Waals surface area (Å²) in [6.45, 7) is 2.07. The molecule has 4 aromatic rings. The van der Waals surface area contributed by atoms with Gasteiger partial charge in [0.15, 0.2) is 5.82 Å². The van der Waals surface area contributed by atoms with E-state index in [0.717, 1.165) is 28.1 Å². The fourth-order valence-electron chi connectivity index (χ4n) is 2.88. The normalized spacial score (nSPS) is 10.6. The van der Waals surface area contributed by atoms with Crippen LogP contribution in [0.3, 0.4) is 0 Å². The maximum Gasteiger partial charge on any atom is 0.247 e.